The van der Waals surface area contributed by atoms with Crippen LogP contribution in [0.15, 0.2) is 11.1 Å². The van der Waals surface area contributed by atoms with E-state index in [2.05, 4.69) is 16.7 Å². The van der Waals surface area contributed by atoms with Crippen molar-refractivity contribution >= 4 is 10.0 Å². The first kappa shape index (κ1) is 13.5. The summed E-state index contributed by atoms with van der Waals surface area (Å²) in [5.41, 5.74) is 0.673. The minimum Gasteiger partial charge on any atom is -0.272 e. The zero-order chi connectivity index (χ0) is 13.3. The maximum atomic E-state index is 12.3. The van der Waals surface area contributed by atoms with Gasteiger partial charge in [-0.15, -0.1) is 0 Å². The monoisotopic (exact) mass is 271 g/mol. The molecule has 0 saturated heterocycles. The molecule has 6 heteroatoms. The number of rotatable bonds is 3. The number of sulfonamides is 1. The normalized spacial score (nSPS) is 25.3. The lowest BCUT2D eigenvalue weighted by molar-refractivity contribution is 0.332. The maximum absolute atomic E-state index is 12.3. The molecule has 102 valence electrons. The van der Waals surface area contributed by atoms with Gasteiger partial charge in [0.2, 0.25) is 10.0 Å². The Bertz CT molecular complexity index is 513. The van der Waals surface area contributed by atoms with Crippen molar-refractivity contribution in [2.45, 2.75) is 50.5 Å². The van der Waals surface area contributed by atoms with Gasteiger partial charge in [0.05, 0.1) is 11.9 Å². The number of nitrogens with one attached hydrogen (secondary N) is 1. The van der Waals surface area contributed by atoms with Crippen molar-refractivity contribution in [2.24, 2.45) is 13.0 Å². The Labute approximate surface area is 109 Å². The Morgan fingerprint density at radius 2 is 1.94 bits per heavy atom. The molecule has 1 aliphatic rings. The zero-order valence-corrected chi connectivity index (χ0v) is 12.0. The number of aromatic nitrogens is 2. The third-order valence-electron chi connectivity index (χ3n) is 3.82. The summed E-state index contributed by atoms with van der Waals surface area (Å²) in [7, 11) is -1.67. The molecule has 0 amide bonds. The summed E-state index contributed by atoms with van der Waals surface area (Å²) >= 11 is 0. The van der Waals surface area contributed by atoms with Crippen molar-refractivity contribution in [2.75, 3.05) is 0 Å². The van der Waals surface area contributed by atoms with Crippen molar-refractivity contribution in [1.29, 1.82) is 0 Å². The predicted molar refractivity (Wildman–Crippen MR) is 69.7 cm³/mol. The molecule has 0 aromatic carbocycles. The highest BCUT2D eigenvalue weighted by molar-refractivity contribution is 7.89. The Kier molecular flexibility index (Phi) is 3.77. The minimum atomic E-state index is -3.42. The molecule has 0 atom stereocenters. The lowest BCUT2D eigenvalue weighted by atomic mass is 9.88. The zero-order valence-electron chi connectivity index (χ0n) is 11.2. The fourth-order valence-electron chi connectivity index (χ4n) is 2.40. The van der Waals surface area contributed by atoms with Crippen molar-refractivity contribution in [3.8, 4) is 0 Å². The molecule has 2 rings (SSSR count). The van der Waals surface area contributed by atoms with Crippen LogP contribution in [0.25, 0.3) is 0 Å². The van der Waals surface area contributed by atoms with E-state index >= 15 is 0 Å². The van der Waals surface area contributed by atoms with Crippen LogP contribution in [0.2, 0.25) is 0 Å². The van der Waals surface area contributed by atoms with Crippen LogP contribution in [0.5, 0.6) is 0 Å². The molecular formula is C12H21N3O2S. The van der Waals surface area contributed by atoms with E-state index in [1.54, 1.807) is 18.7 Å². The summed E-state index contributed by atoms with van der Waals surface area (Å²) < 4.78 is 28.9. The quantitative estimate of drug-likeness (QED) is 0.908. The number of hydrogen-bond donors (Lipinski definition) is 1. The lowest BCUT2D eigenvalue weighted by Gasteiger charge is -2.26. The maximum Gasteiger partial charge on any atom is 0.244 e. The second kappa shape index (κ2) is 5.01. The predicted octanol–water partition coefficient (Wildman–Crippen LogP) is 1.59. The molecule has 1 heterocycles. The Morgan fingerprint density at radius 1 is 1.33 bits per heavy atom. The molecule has 0 radical (unpaired) electrons. The smallest absolute Gasteiger partial charge is 0.244 e. The summed E-state index contributed by atoms with van der Waals surface area (Å²) in [5.74, 6) is 0.714. The summed E-state index contributed by atoms with van der Waals surface area (Å²) in [6, 6.07) is 0.0748. The van der Waals surface area contributed by atoms with Crippen LogP contribution < -0.4 is 4.72 Å². The van der Waals surface area contributed by atoms with Crippen LogP contribution in [0.1, 0.15) is 38.3 Å². The highest BCUT2D eigenvalue weighted by Crippen LogP contribution is 2.25. The first-order valence-electron chi connectivity index (χ1n) is 6.41. The molecule has 5 nitrogen and oxygen atoms in total. The van der Waals surface area contributed by atoms with Gasteiger partial charge in [0.1, 0.15) is 4.90 Å². The standard InChI is InChI=1S/C12H21N3O2S/c1-9-4-6-11(7-5-9)14-18(16,17)12-8-13-15(3)10(12)2/h8-9,11,14H,4-7H2,1-3H3. The molecule has 0 unspecified atom stereocenters. The molecule has 1 aromatic heterocycles. The summed E-state index contributed by atoms with van der Waals surface area (Å²) in [5, 5.41) is 3.99. The van der Waals surface area contributed by atoms with Crippen molar-refractivity contribution < 1.29 is 8.42 Å². The fraction of sp³-hybridized carbons (Fsp3) is 0.750. The van der Waals surface area contributed by atoms with Crippen LogP contribution in [-0.2, 0) is 17.1 Å². The molecular weight excluding hydrogens is 250 g/mol. The first-order valence-corrected chi connectivity index (χ1v) is 7.89. The number of nitrogens with zero attached hydrogens (tertiary/aromatic N) is 2. The lowest BCUT2D eigenvalue weighted by Crippen LogP contribution is -2.37. The van der Waals surface area contributed by atoms with Crippen LogP contribution in [0.4, 0.5) is 0 Å². The third kappa shape index (κ3) is 2.75. The topological polar surface area (TPSA) is 64.0 Å². The Balaban J connectivity index is 2.10. The summed E-state index contributed by atoms with van der Waals surface area (Å²) in [4.78, 5) is 0.295. The van der Waals surface area contributed by atoms with Gasteiger partial charge in [0.15, 0.2) is 0 Å². The Morgan fingerprint density at radius 3 is 2.44 bits per heavy atom. The van der Waals surface area contributed by atoms with Crippen LogP contribution >= 0.6 is 0 Å². The molecule has 1 N–H and O–H groups in total. The fourth-order valence-corrected chi connectivity index (χ4v) is 3.91. The van der Waals surface area contributed by atoms with Gasteiger partial charge < -0.3 is 0 Å². The third-order valence-corrected chi connectivity index (χ3v) is 5.44. The van der Waals surface area contributed by atoms with Gasteiger partial charge in [-0.05, 0) is 38.5 Å². The molecule has 0 aliphatic heterocycles. The van der Waals surface area contributed by atoms with E-state index in [9.17, 15) is 8.42 Å². The minimum absolute atomic E-state index is 0.0748. The van der Waals surface area contributed by atoms with Gasteiger partial charge in [0, 0.05) is 13.1 Å². The molecule has 0 spiro atoms. The molecule has 1 fully saturated rings. The summed E-state index contributed by atoms with van der Waals surface area (Å²) in [6.45, 7) is 3.99. The molecule has 1 saturated carbocycles. The second-order valence-electron chi connectivity index (χ2n) is 5.30. The van der Waals surface area contributed by atoms with E-state index in [0.29, 0.717) is 16.5 Å². The van der Waals surface area contributed by atoms with Crippen molar-refractivity contribution in [1.82, 2.24) is 14.5 Å². The molecule has 18 heavy (non-hydrogen) atoms. The molecule has 0 bridgehead atoms. The van der Waals surface area contributed by atoms with E-state index in [-0.39, 0.29) is 6.04 Å². The van der Waals surface area contributed by atoms with E-state index in [0.717, 1.165) is 25.7 Å². The molecule has 1 aliphatic carbocycles. The number of aryl methyl sites for hydroxylation is 1. The SMILES string of the molecule is Cc1c(S(=O)(=O)NC2CCC(C)CC2)cnn1C. The summed E-state index contributed by atoms with van der Waals surface area (Å²) in [6.07, 6.45) is 5.47. The van der Waals surface area contributed by atoms with E-state index in [1.165, 1.54) is 6.20 Å². The van der Waals surface area contributed by atoms with Gasteiger partial charge in [-0.3, -0.25) is 4.68 Å². The van der Waals surface area contributed by atoms with Gasteiger partial charge in [0.25, 0.3) is 0 Å². The van der Waals surface area contributed by atoms with E-state index < -0.39 is 10.0 Å². The van der Waals surface area contributed by atoms with Crippen LogP contribution in [-0.4, -0.2) is 24.2 Å². The molecule has 1 aromatic rings. The van der Waals surface area contributed by atoms with Crippen LogP contribution in [0, 0.1) is 12.8 Å². The average molecular weight is 271 g/mol. The highest BCUT2D eigenvalue weighted by atomic mass is 32.2. The Hall–Kier alpha value is -0.880. The van der Waals surface area contributed by atoms with Crippen LogP contribution in [0.3, 0.4) is 0 Å². The number of hydrogen-bond acceptors (Lipinski definition) is 3. The largest absolute Gasteiger partial charge is 0.272 e. The first-order chi connectivity index (χ1) is 8.40. The highest BCUT2D eigenvalue weighted by Gasteiger charge is 2.26. The van der Waals surface area contributed by atoms with Gasteiger partial charge in [-0.25, -0.2) is 13.1 Å². The van der Waals surface area contributed by atoms with Gasteiger partial charge >= 0.3 is 0 Å². The van der Waals surface area contributed by atoms with Gasteiger partial charge in [-0.2, -0.15) is 5.10 Å². The average Bonchev–Trinajstić information content (AvgIpc) is 2.63. The van der Waals surface area contributed by atoms with Gasteiger partial charge in [-0.1, -0.05) is 6.92 Å². The van der Waals surface area contributed by atoms with E-state index in [1.807, 2.05) is 0 Å². The van der Waals surface area contributed by atoms with E-state index in [4.69, 9.17) is 0 Å². The second-order valence-corrected chi connectivity index (χ2v) is 6.98. The van der Waals surface area contributed by atoms with Crippen molar-refractivity contribution in [3.05, 3.63) is 11.9 Å². The van der Waals surface area contributed by atoms with Crippen molar-refractivity contribution in [3.63, 3.8) is 0 Å².